The average molecular weight is 230 g/mol. The molecule has 0 aromatic rings. The maximum absolute atomic E-state index is 11.2. The number of hydrogen-bond acceptors (Lipinski definition) is 2. The van der Waals surface area contributed by atoms with Gasteiger partial charge in [0.25, 0.3) is 0 Å². The molecule has 0 saturated heterocycles. The molecule has 0 aromatic carbocycles. The molecular formula is C15H18O2. The lowest BCUT2D eigenvalue weighted by Gasteiger charge is -2.36. The molecule has 4 rings (SSSR count). The van der Waals surface area contributed by atoms with Crippen LogP contribution in [0.3, 0.4) is 0 Å². The number of ether oxygens (including phenoxy) is 1. The largest absolute Gasteiger partial charge is 0.373 e. The monoisotopic (exact) mass is 230 g/mol. The van der Waals surface area contributed by atoms with Crippen molar-refractivity contribution in [3.05, 3.63) is 17.7 Å². The third-order valence-corrected chi connectivity index (χ3v) is 5.63. The number of allylic oxidation sites excluding steroid dienone is 2. The van der Waals surface area contributed by atoms with Crippen molar-refractivity contribution in [3.8, 4) is 0 Å². The lowest BCUT2D eigenvalue weighted by atomic mass is 9.71. The first-order valence-corrected chi connectivity index (χ1v) is 6.90. The molecule has 0 aromatic heterocycles. The van der Waals surface area contributed by atoms with Crippen molar-refractivity contribution in [3.63, 3.8) is 0 Å². The van der Waals surface area contributed by atoms with Crippen molar-refractivity contribution in [1.29, 1.82) is 0 Å². The highest BCUT2D eigenvalue weighted by Gasteiger charge is 2.63. The van der Waals surface area contributed by atoms with Gasteiger partial charge in [0.05, 0.1) is 6.10 Å². The Morgan fingerprint density at radius 2 is 2.06 bits per heavy atom. The minimum Gasteiger partial charge on any atom is -0.373 e. The SMILES string of the molecule is CCOC1C(=C=O)C2CC1C1C3C=CC(C3)C21. The van der Waals surface area contributed by atoms with Gasteiger partial charge in [-0.3, -0.25) is 0 Å². The second kappa shape index (κ2) is 3.34. The molecule has 0 heterocycles. The molecule has 3 fully saturated rings. The van der Waals surface area contributed by atoms with Crippen LogP contribution in [0.1, 0.15) is 19.8 Å². The highest BCUT2D eigenvalue weighted by Crippen LogP contribution is 2.66. The molecule has 7 atom stereocenters. The van der Waals surface area contributed by atoms with E-state index in [1.165, 1.54) is 12.8 Å². The van der Waals surface area contributed by atoms with Crippen LogP contribution in [0.5, 0.6) is 0 Å². The first-order valence-electron chi connectivity index (χ1n) is 6.90. The molecule has 4 bridgehead atoms. The smallest absolute Gasteiger partial charge is 0.126 e. The van der Waals surface area contributed by atoms with E-state index in [1.54, 1.807) is 0 Å². The zero-order chi connectivity index (χ0) is 11.6. The highest BCUT2D eigenvalue weighted by atomic mass is 16.5. The van der Waals surface area contributed by atoms with Gasteiger partial charge in [-0.05, 0) is 55.3 Å². The second-order valence-electron chi connectivity index (χ2n) is 6.04. The van der Waals surface area contributed by atoms with Gasteiger partial charge in [-0.15, -0.1) is 0 Å². The van der Waals surface area contributed by atoms with Crippen LogP contribution in [0, 0.1) is 35.5 Å². The Labute approximate surface area is 102 Å². The zero-order valence-electron chi connectivity index (χ0n) is 10.1. The minimum atomic E-state index is 0.0940. The summed E-state index contributed by atoms with van der Waals surface area (Å²) < 4.78 is 5.83. The summed E-state index contributed by atoms with van der Waals surface area (Å²) >= 11 is 0. The van der Waals surface area contributed by atoms with Crippen molar-refractivity contribution >= 4 is 5.94 Å². The molecule has 90 valence electrons. The Kier molecular flexibility index (Phi) is 1.98. The maximum atomic E-state index is 11.2. The van der Waals surface area contributed by atoms with Crippen LogP contribution >= 0.6 is 0 Å². The maximum Gasteiger partial charge on any atom is 0.126 e. The summed E-state index contributed by atoms with van der Waals surface area (Å²) in [4.78, 5) is 11.2. The van der Waals surface area contributed by atoms with Gasteiger partial charge >= 0.3 is 0 Å². The van der Waals surface area contributed by atoms with Gasteiger partial charge in [0.2, 0.25) is 0 Å². The van der Waals surface area contributed by atoms with Gasteiger partial charge in [-0.25, -0.2) is 4.79 Å². The van der Waals surface area contributed by atoms with Crippen LogP contribution in [0.2, 0.25) is 0 Å². The van der Waals surface area contributed by atoms with Crippen molar-refractivity contribution in [2.75, 3.05) is 6.61 Å². The van der Waals surface area contributed by atoms with Crippen LogP contribution in [0.15, 0.2) is 17.7 Å². The summed E-state index contributed by atoms with van der Waals surface area (Å²) in [6.45, 7) is 2.73. The van der Waals surface area contributed by atoms with E-state index in [0.717, 1.165) is 29.2 Å². The van der Waals surface area contributed by atoms with Crippen molar-refractivity contribution in [2.24, 2.45) is 35.5 Å². The van der Waals surface area contributed by atoms with Gasteiger partial charge < -0.3 is 4.74 Å². The molecule has 17 heavy (non-hydrogen) atoms. The van der Waals surface area contributed by atoms with Crippen molar-refractivity contribution < 1.29 is 9.53 Å². The number of rotatable bonds is 2. The predicted octanol–water partition coefficient (Wildman–Crippen LogP) is 2.24. The minimum absolute atomic E-state index is 0.0940. The molecule has 0 radical (unpaired) electrons. The highest BCUT2D eigenvalue weighted by molar-refractivity contribution is 5.58. The summed E-state index contributed by atoms with van der Waals surface area (Å²) in [6.07, 6.45) is 7.41. The lowest BCUT2D eigenvalue weighted by molar-refractivity contribution is 0.0203. The Hall–Kier alpha value is -0.850. The van der Waals surface area contributed by atoms with E-state index in [0.29, 0.717) is 18.4 Å². The first-order chi connectivity index (χ1) is 8.35. The fourth-order valence-corrected chi connectivity index (χ4v) is 5.30. The van der Waals surface area contributed by atoms with Crippen molar-refractivity contribution in [1.82, 2.24) is 0 Å². The van der Waals surface area contributed by atoms with E-state index in [9.17, 15) is 4.79 Å². The third-order valence-electron chi connectivity index (χ3n) is 5.63. The first kappa shape index (κ1) is 10.1. The third kappa shape index (κ3) is 1.08. The molecule has 0 N–H and O–H groups in total. The number of carbonyl (C=O) groups excluding carboxylic acids is 1. The molecule has 0 amide bonds. The van der Waals surface area contributed by atoms with E-state index in [4.69, 9.17) is 4.74 Å². The zero-order valence-corrected chi connectivity index (χ0v) is 10.1. The molecule has 0 spiro atoms. The predicted molar refractivity (Wildman–Crippen MR) is 63.9 cm³/mol. The van der Waals surface area contributed by atoms with E-state index < -0.39 is 0 Å². The van der Waals surface area contributed by atoms with E-state index in [2.05, 4.69) is 18.1 Å². The number of fused-ring (bicyclic) bond motifs is 9. The van der Waals surface area contributed by atoms with Gasteiger partial charge in [0.1, 0.15) is 5.94 Å². The Morgan fingerprint density at radius 3 is 2.76 bits per heavy atom. The van der Waals surface area contributed by atoms with Crippen LogP contribution in [0.25, 0.3) is 0 Å². The summed E-state index contributed by atoms with van der Waals surface area (Å²) in [5, 5.41) is 0. The fraction of sp³-hybridized carbons (Fsp3) is 0.733. The van der Waals surface area contributed by atoms with Crippen LogP contribution in [-0.4, -0.2) is 18.7 Å². The normalized spacial score (nSPS) is 53.2. The quantitative estimate of drug-likeness (QED) is 0.413. The average Bonchev–Trinajstić information content (AvgIpc) is 3.06. The molecule has 2 nitrogen and oxygen atoms in total. The van der Waals surface area contributed by atoms with Crippen LogP contribution < -0.4 is 0 Å². The Morgan fingerprint density at radius 1 is 1.29 bits per heavy atom. The van der Waals surface area contributed by atoms with E-state index in [-0.39, 0.29) is 6.10 Å². The molecule has 4 aliphatic carbocycles. The van der Waals surface area contributed by atoms with E-state index >= 15 is 0 Å². The lowest BCUT2D eigenvalue weighted by Crippen LogP contribution is -2.37. The molecule has 0 aliphatic heterocycles. The van der Waals surface area contributed by atoms with Crippen LogP contribution in [-0.2, 0) is 9.53 Å². The molecule has 3 saturated carbocycles. The van der Waals surface area contributed by atoms with Gasteiger partial charge in [-0.2, -0.15) is 0 Å². The summed E-state index contributed by atoms with van der Waals surface area (Å²) in [7, 11) is 0. The second-order valence-corrected chi connectivity index (χ2v) is 6.04. The topological polar surface area (TPSA) is 26.3 Å². The summed E-state index contributed by atoms with van der Waals surface area (Å²) in [5.41, 5.74) is 0.957. The van der Waals surface area contributed by atoms with Crippen molar-refractivity contribution in [2.45, 2.75) is 25.9 Å². The summed E-state index contributed by atoms with van der Waals surface area (Å²) in [5.74, 6) is 6.35. The van der Waals surface area contributed by atoms with E-state index in [1.807, 2.05) is 6.92 Å². The molecule has 2 heteroatoms. The molecular weight excluding hydrogens is 212 g/mol. The number of hydrogen-bond donors (Lipinski definition) is 0. The fourth-order valence-electron chi connectivity index (χ4n) is 5.30. The van der Waals surface area contributed by atoms with Gasteiger partial charge in [-0.1, -0.05) is 12.2 Å². The Balaban J connectivity index is 1.73. The Bertz CT molecular complexity index is 432. The van der Waals surface area contributed by atoms with Crippen LogP contribution in [0.4, 0.5) is 0 Å². The standard InChI is InChI=1S/C15H18O2/c1-2-17-15-11-6-10(12(15)7-16)13-8-3-4-9(5-8)14(11)13/h3-4,8-11,13-15H,2,5-6H2,1H3. The van der Waals surface area contributed by atoms with Gasteiger partial charge in [0.15, 0.2) is 0 Å². The molecule has 4 aliphatic rings. The molecule has 7 unspecified atom stereocenters. The van der Waals surface area contributed by atoms with Gasteiger partial charge in [0, 0.05) is 12.2 Å². The summed E-state index contributed by atoms with van der Waals surface area (Å²) in [6, 6.07) is 0.